The smallest absolute Gasteiger partial charge is 0.296 e. The molecule has 3 aromatic carbocycles. The van der Waals surface area contributed by atoms with Crippen molar-refractivity contribution in [1.82, 2.24) is 15.0 Å². The summed E-state index contributed by atoms with van der Waals surface area (Å²) < 4.78 is 59.6. The van der Waals surface area contributed by atoms with Crippen LogP contribution in [0.15, 0.2) is 62.5 Å². The summed E-state index contributed by atoms with van der Waals surface area (Å²) in [5.74, 6) is -0.438. The van der Waals surface area contributed by atoms with Gasteiger partial charge in [0.2, 0.25) is 17.2 Å². The van der Waals surface area contributed by atoms with Crippen molar-refractivity contribution in [1.29, 1.82) is 0 Å². The molecule has 7 N–H and O–H groups in total. The number of halogens is 1. The predicted molar refractivity (Wildman–Crippen MR) is 156 cm³/mol. The summed E-state index contributed by atoms with van der Waals surface area (Å²) in [6, 6.07) is 9.07. The SMILES string of the molecule is CC(C)S(=O)(=O)c1cc(O)c2c(N=Nc3ccc(Nc4nc(Cl)nc(NCCO)n4)cc3S(=O)(=O)O)c(N)ccc2c1. The van der Waals surface area contributed by atoms with Gasteiger partial charge in [0.25, 0.3) is 10.1 Å². The maximum atomic E-state index is 12.6. The average Bonchev–Trinajstić information content (AvgIpc) is 2.91. The van der Waals surface area contributed by atoms with Gasteiger partial charge >= 0.3 is 0 Å². The topological polar surface area (TPSA) is 242 Å². The van der Waals surface area contributed by atoms with Gasteiger partial charge in [-0.1, -0.05) is 6.07 Å². The van der Waals surface area contributed by atoms with Crippen LogP contribution in [0.2, 0.25) is 5.28 Å². The van der Waals surface area contributed by atoms with Crippen LogP contribution >= 0.6 is 11.6 Å². The van der Waals surface area contributed by atoms with Crippen LogP contribution in [0.3, 0.4) is 0 Å². The second-order valence-electron chi connectivity index (χ2n) is 9.02. The lowest BCUT2D eigenvalue weighted by Gasteiger charge is -2.12. The fourth-order valence-corrected chi connectivity index (χ4v) is 5.65. The number of aliphatic hydroxyl groups is 1. The molecule has 18 heteroatoms. The molecule has 0 atom stereocenters. The number of nitrogens with two attached hydrogens (primary N) is 1. The molecule has 0 aliphatic heterocycles. The van der Waals surface area contributed by atoms with Gasteiger partial charge in [0, 0.05) is 12.2 Å². The normalized spacial score (nSPS) is 12.3. The molecular weight excluding hydrogens is 612 g/mol. The van der Waals surface area contributed by atoms with E-state index in [1.165, 1.54) is 44.2 Å². The van der Waals surface area contributed by atoms with Crippen molar-refractivity contribution >= 4 is 77.0 Å². The number of fused-ring (bicyclic) bond motifs is 1. The van der Waals surface area contributed by atoms with E-state index in [0.29, 0.717) is 5.39 Å². The van der Waals surface area contributed by atoms with E-state index in [4.69, 9.17) is 22.4 Å². The Balaban J connectivity index is 1.75. The number of nitrogen functional groups attached to an aromatic ring is 1. The lowest BCUT2D eigenvalue weighted by Crippen LogP contribution is -2.13. The van der Waals surface area contributed by atoms with Crippen molar-refractivity contribution in [2.24, 2.45) is 10.2 Å². The molecular formula is C24H25ClN8O7S2. The van der Waals surface area contributed by atoms with Crippen LogP contribution in [-0.2, 0) is 20.0 Å². The third-order valence-corrected chi connectivity index (χ3v) is 8.96. The van der Waals surface area contributed by atoms with Gasteiger partial charge in [-0.05, 0) is 67.2 Å². The molecule has 0 aliphatic rings. The zero-order valence-corrected chi connectivity index (χ0v) is 24.4. The van der Waals surface area contributed by atoms with Crippen LogP contribution in [-0.4, -0.2) is 65.0 Å². The van der Waals surface area contributed by atoms with E-state index < -0.39 is 35.9 Å². The minimum atomic E-state index is -4.83. The number of rotatable bonds is 10. The number of hydrogen-bond acceptors (Lipinski definition) is 14. The molecule has 1 aromatic heterocycles. The number of anilines is 4. The molecule has 0 radical (unpaired) electrons. The first-order chi connectivity index (χ1) is 19.7. The van der Waals surface area contributed by atoms with Crippen molar-refractivity contribution in [3.63, 3.8) is 0 Å². The molecule has 42 heavy (non-hydrogen) atoms. The number of aromatic nitrogens is 3. The van der Waals surface area contributed by atoms with E-state index in [-0.39, 0.29) is 63.4 Å². The molecule has 0 saturated carbocycles. The molecule has 0 spiro atoms. The molecule has 15 nitrogen and oxygen atoms in total. The maximum absolute atomic E-state index is 12.6. The standard InChI is InChI=1S/C24H25ClN8O7S2/c1-12(2)41(36,37)15-9-13-3-5-16(26)21(20(13)18(35)11-15)33-32-17-6-4-14(10-19(17)42(38,39)40)28-24-30-22(25)29-23(31-24)27-7-8-34/h3-6,9-12,34-35H,7-8,26H2,1-2H3,(H,38,39,40)(H2,27,28,29,30,31). The number of benzene rings is 3. The Hall–Kier alpha value is -4.16. The summed E-state index contributed by atoms with van der Waals surface area (Å²) in [4.78, 5) is 11.1. The van der Waals surface area contributed by atoms with Crippen LogP contribution in [0.1, 0.15) is 13.8 Å². The number of sulfone groups is 1. The van der Waals surface area contributed by atoms with Crippen molar-refractivity contribution in [2.45, 2.75) is 28.9 Å². The van der Waals surface area contributed by atoms with Crippen molar-refractivity contribution in [2.75, 3.05) is 29.5 Å². The van der Waals surface area contributed by atoms with Gasteiger partial charge < -0.3 is 26.6 Å². The molecule has 0 aliphatic carbocycles. The summed E-state index contributed by atoms with van der Waals surface area (Å²) in [6.07, 6.45) is 0. The number of nitrogens with one attached hydrogen (secondary N) is 2. The molecule has 0 bridgehead atoms. The first-order valence-electron chi connectivity index (χ1n) is 12.1. The Labute approximate surface area is 245 Å². The largest absolute Gasteiger partial charge is 0.507 e. The Bertz CT molecular complexity index is 1920. The number of aliphatic hydroxyl groups excluding tert-OH is 1. The van der Waals surface area contributed by atoms with Crippen LogP contribution < -0.4 is 16.4 Å². The lowest BCUT2D eigenvalue weighted by molar-refractivity contribution is 0.311. The quantitative estimate of drug-likeness (QED) is 0.0821. The maximum Gasteiger partial charge on any atom is 0.296 e. The van der Waals surface area contributed by atoms with Gasteiger partial charge in [0.05, 0.1) is 27.8 Å². The lowest BCUT2D eigenvalue weighted by atomic mass is 10.1. The fraction of sp³-hybridized carbons (Fsp3) is 0.208. The van der Waals surface area contributed by atoms with Crippen LogP contribution in [0, 0.1) is 0 Å². The van der Waals surface area contributed by atoms with Crippen LogP contribution in [0.4, 0.5) is 34.6 Å². The van der Waals surface area contributed by atoms with E-state index in [1.807, 2.05) is 0 Å². The Morgan fingerprint density at radius 2 is 1.71 bits per heavy atom. The molecule has 0 amide bonds. The van der Waals surface area contributed by atoms with E-state index in [9.17, 15) is 26.5 Å². The Kier molecular flexibility index (Phi) is 8.79. The van der Waals surface area contributed by atoms with Crippen LogP contribution in [0.5, 0.6) is 5.75 Å². The van der Waals surface area contributed by atoms with E-state index in [2.05, 4.69) is 35.8 Å². The highest BCUT2D eigenvalue weighted by molar-refractivity contribution is 7.92. The number of phenolic OH excluding ortho intramolecular Hbond substituents is 1. The third kappa shape index (κ3) is 6.66. The molecule has 4 aromatic rings. The summed E-state index contributed by atoms with van der Waals surface area (Å²) in [7, 11) is -8.54. The van der Waals surface area contributed by atoms with Crippen molar-refractivity contribution in [3.8, 4) is 5.75 Å². The van der Waals surface area contributed by atoms with Gasteiger partial charge in [0.15, 0.2) is 9.84 Å². The van der Waals surface area contributed by atoms with Gasteiger partial charge in [-0.2, -0.15) is 23.4 Å². The number of azo groups is 1. The number of nitrogens with zero attached hydrogens (tertiary/aromatic N) is 5. The molecule has 0 fully saturated rings. The van der Waals surface area contributed by atoms with E-state index >= 15 is 0 Å². The van der Waals surface area contributed by atoms with Gasteiger partial charge in [-0.25, -0.2) is 8.42 Å². The monoisotopic (exact) mass is 636 g/mol. The second kappa shape index (κ2) is 12.0. The number of phenols is 1. The number of aromatic hydroxyl groups is 1. The highest BCUT2D eigenvalue weighted by Gasteiger charge is 2.23. The number of hydrogen-bond donors (Lipinski definition) is 6. The van der Waals surface area contributed by atoms with Gasteiger partial charge in [-0.3, -0.25) is 4.55 Å². The highest BCUT2D eigenvalue weighted by atomic mass is 35.5. The third-order valence-electron chi connectivity index (χ3n) is 5.78. The molecule has 4 rings (SSSR count). The molecule has 0 saturated heterocycles. The zero-order valence-electron chi connectivity index (χ0n) is 22.0. The minimum absolute atomic E-state index is 0.0512. The van der Waals surface area contributed by atoms with Crippen molar-refractivity contribution in [3.05, 3.63) is 47.7 Å². The molecule has 1 heterocycles. The van der Waals surface area contributed by atoms with E-state index in [1.54, 1.807) is 0 Å². The average molecular weight is 637 g/mol. The Morgan fingerprint density at radius 1 is 1.00 bits per heavy atom. The van der Waals surface area contributed by atoms with Crippen LogP contribution in [0.25, 0.3) is 10.8 Å². The zero-order chi connectivity index (χ0) is 30.8. The van der Waals surface area contributed by atoms with Crippen molar-refractivity contribution < 1.29 is 31.6 Å². The molecule has 222 valence electrons. The summed E-state index contributed by atoms with van der Waals surface area (Å²) in [5.41, 5.74) is 5.92. The highest BCUT2D eigenvalue weighted by Crippen LogP contribution is 2.41. The second-order valence-corrected chi connectivity index (χ2v) is 13.3. The summed E-state index contributed by atoms with van der Waals surface area (Å²) in [5, 5.41) is 32.6. The fourth-order valence-electron chi connectivity index (χ4n) is 3.73. The summed E-state index contributed by atoms with van der Waals surface area (Å²) >= 11 is 5.91. The Morgan fingerprint density at radius 3 is 2.38 bits per heavy atom. The first-order valence-corrected chi connectivity index (χ1v) is 15.4. The van der Waals surface area contributed by atoms with Gasteiger partial charge in [0.1, 0.15) is 22.0 Å². The predicted octanol–water partition coefficient (Wildman–Crippen LogP) is 3.96. The molecule has 0 unspecified atom stereocenters. The van der Waals surface area contributed by atoms with E-state index in [0.717, 1.165) is 12.1 Å². The first kappa shape index (κ1) is 30.8. The van der Waals surface area contributed by atoms with Gasteiger partial charge in [-0.15, -0.1) is 10.2 Å². The minimum Gasteiger partial charge on any atom is -0.507 e. The summed E-state index contributed by atoms with van der Waals surface area (Å²) in [6.45, 7) is 2.98.